The van der Waals surface area contributed by atoms with Crippen molar-refractivity contribution in [1.82, 2.24) is 0 Å². The maximum atomic E-state index is 10.3. The van der Waals surface area contributed by atoms with Crippen molar-refractivity contribution in [3.63, 3.8) is 0 Å². The van der Waals surface area contributed by atoms with Crippen LogP contribution >= 0.6 is 0 Å². The van der Waals surface area contributed by atoms with Crippen LogP contribution in [0.2, 0.25) is 0 Å². The van der Waals surface area contributed by atoms with E-state index >= 15 is 0 Å². The minimum absolute atomic E-state index is 0.101. The van der Waals surface area contributed by atoms with Crippen LogP contribution < -0.4 is 5.73 Å². The highest BCUT2D eigenvalue weighted by Gasteiger charge is 2.06. The Bertz CT molecular complexity index is 157. The fourth-order valence-corrected chi connectivity index (χ4v) is 1.46. The molecule has 3 N–H and O–H groups in total. The Morgan fingerprint density at radius 2 is 1.79 bits per heavy atom. The highest BCUT2D eigenvalue weighted by atomic mass is 16.4. The molecule has 3 heteroatoms. The lowest BCUT2D eigenvalue weighted by atomic mass is 10.0. The monoisotopic (exact) mass is 201 g/mol. The van der Waals surface area contributed by atoms with Crippen molar-refractivity contribution in [3.8, 4) is 0 Å². The molecule has 0 aliphatic carbocycles. The molecule has 0 saturated heterocycles. The Kier molecular flexibility index (Phi) is 7.48. The molecule has 3 nitrogen and oxygen atoms in total. The third-order valence-electron chi connectivity index (χ3n) is 2.29. The van der Waals surface area contributed by atoms with E-state index in [1.165, 1.54) is 19.3 Å². The molecular formula is C11H23NO2. The molecule has 14 heavy (non-hydrogen) atoms. The smallest absolute Gasteiger partial charge is 0.304 e. The molecule has 0 aliphatic rings. The zero-order chi connectivity index (χ0) is 11.0. The zero-order valence-corrected chi connectivity index (χ0v) is 9.33. The number of rotatable bonds is 8. The van der Waals surface area contributed by atoms with Gasteiger partial charge in [-0.1, -0.05) is 39.5 Å². The fraction of sp³-hybridized carbons (Fsp3) is 0.909. The summed E-state index contributed by atoms with van der Waals surface area (Å²) in [4.78, 5) is 10.3. The van der Waals surface area contributed by atoms with Crippen molar-refractivity contribution in [3.05, 3.63) is 0 Å². The summed E-state index contributed by atoms with van der Waals surface area (Å²) in [6, 6.07) is -0.161. The Morgan fingerprint density at radius 3 is 2.29 bits per heavy atom. The van der Waals surface area contributed by atoms with Crippen molar-refractivity contribution < 1.29 is 9.90 Å². The average molecular weight is 201 g/mol. The molecule has 0 fully saturated rings. The lowest BCUT2D eigenvalue weighted by Gasteiger charge is -2.08. The summed E-state index contributed by atoms with van der Waals surface area (Å²) in [5.41, 5.74) is 5.64. The van der Waals surface area contributed by atoms with Crippen molar-refractivity contribution in [2.75, 3.05) is 0 Å². The molecule has 0 rings (SSSR count). The molecule has 0 aromatic carbocycles. The molecule has 0 saturated carbocycles. The predicted octanol–water partition coefficient (Wildman–Crippen LogP) is 2.39. The minimum atomic E-state index is -0.792. The van der Waals surface area contributed by atoms with Crippen LogP contribution in [0.5, 0.6) is 0 Å². The van der Waals surface area contributed by atoms with Gasteiger partial charge in [0.05, 0.1) is 6.42 Å². The number of hydrogen-bond acceptors (Lipinski definition) is 2. The number of hydrogen-bond donors (Lipinski definition) is 2. The second kappa shape index (κ2) is 7.80. The molecule has 0 amide bonds. The number of carbonyl (C=O) groups is 1. The zero-order valence-electron chi connectivity index (χ0n) is 9.33. The maximum Gasteiger partial charge on any atom is 0.304 e. The number of nitrogens with two attached hydrogens (primary N) is 1. The van der Waals surface area contributed by atoms with E-state index in [0.717, 1.165) is 18.8 Å². The van der Waals surface area contributed by atoms with E-state index in [0.29, 0.717) is 0 Å². The van der Waals surface area contributed by atoms with Gasteiger partial charge in [-0.3, -0.25) is 4.79 Å². The SMILES string of the molecule is CC(C)CCCCCC(N)CC(=O)O. The molecule has 0 bridgehead atoms. The van der Waals surface area contributed by atoms with E-state index in [9.17, 15) is 4.79 Å². The van der Waals surface area contributed by atoms with Gasteiger partial charge in [0.15, 0.2) is 0 Å². The average Bonchev–Trinajstić information content (AvgIpc) is 2.01. The van der Waals surface area contributed by atoms with Gasteiger partial charge in [0.2, 0.25) is 0 Å². The van der Waals surface area contributed by atoms with Crippen molar-refractivity contribution in [1.29, 1.82) is 0 Å². The Labute approximate surface area is 86.7 Å². The highest BCUT2D eigenvalue weighted by Crippen LogP contribution is 2.10. The first-order valence-corrected chi connectivity index (χ1v) is 5.49. The van der Waals surface area contributed by atoms with E-state index < -0.39 is 5.97 Å². The fourth-order valence-electron chi connectivity index (χ4n) is 1.46. The van der Waals surface area contributed by atoms with Crippen LogP contribution in [-0.2, 0) is 4.79 Å². The van der Waals surface area contributed by atoms with Gasteiger partial charge >= 0.3 is 5.97 Å². The van der Waals surface area contributed by atoms with Crippen LogP contribution in [0, 0.1) is 5.92 Å². The van der Waals surface area contributed by atoms with Crippen LogP contribution in [-0.4, -0.2) is 17.1 Å². The highest BCUT2D eigenvalue weighted by molar-refractivity contribution is 5.67. The van der Waals surface area contributed by atoms with Gasteiger partial charge in [-0.15, -0.1) is 0 Å². The first-order valence-electron chi connectivity index (χ1n) is 5.49. The van der Waals surface area contributed by atoms with E-state index in [2.05, 4.69) is 13.8 Å². The van der Waals surface area contributed by atoms with E-state index in [1.807, 2.05) is 0 Å². The number of unbranched alkanes of at least 4 members (excludes halogenated alkanes) is 2. The van der Waals surface area contributed by atoms with Gasteiger partial charge in [0.1, 0.15) is 0 Å². The third kappa shape index (κ3) is 9.52. The number of carboxylic acid groups (broad SMARTS) is 1. The standard InChI is InChI=1S/C11H23NO2/c1-9(2)6-4-3-5-7-10(12)8-11(13)14/h9-10H,3-8,12H2,1-2H3,(H,13,14). The molecule has 1 atom stereocenters. The van der Waals surface area contributed by atoms with Crippen LogP contribution in [0.15, 0.2) is 0 Å². The predicted molar refractivity (Wildman–Crippen MR) is 58.2 cm³/mol. The van der Waals surface area contributed by atoms with Crippen molar-refractivity contribution in [2.45, 2.75) is 58.4 Å². The topological polar surface area (TPSA) is 63.3 Å². The first-order chi connectivity index (χ1) is 6.52. The quantitative estimate of drug-likeness (QED) is 0.593. The second-order valence-corrected chi connectivity index (χ2v) is 4.39. The van der Waals surface area contributed by atoms with Gasteiger partial charge in [-0.25, -0.2) is 0 Å². The van der Waals surface area contributed by atoms with E-state index in [-0.39, 0.29) is 12.5 Å². The van der Waals surface area contributed by atoms with Crippen LogP contribution in [0.25, 0.3) is 0 Å². The van der Waals surface area contributed by atoms with Gasteiger partial charge in [0.25, 0.3) is 0 Å². The van der Waals surface area contributed by atoms with Crippen LogP contribution in [0.4, 0.5) is 0 Å². The lowest BCUT2D eigenvalue weighted by Crippen LogP contribution is -2.23. The molecule has 84 valence electrons. The number of aliphatic carboxylic acids is 1. The lowest BCUT2D eigenvalue weighted by molar-refractivity contribution is -0.137. The molecule has 0 aliphatic heterocycles. The van der Waals surface area contributed by atoms with E-state index in [4.69, 9.17) is 10.8 Å². The minimum Gasteiger partial charge on any atom is -0.481 e. The molecule has 0 spiro atoms. The van der Waals surface area contributed by atoms with Crippen molar-refractivity contribution in [2.24, 2.45) is 11.7 Å². The molecule has 0 heterocycles. The summed E-state index contributed by atoms with van der Waals surface area (Å²) in [7, 11) is 0. The largest absolute Gasteiger partial charge is 0.481 e. The summed E-state index contributed by atoms with van der Waals surface area (Å²) in [6.07, 6.45) is 5.66. The van der Waals surface area contributed by atoms with Gasteiger partial charge < -0.3 is 10.8 Å². The van der Waals surface area contributed by atoms with Gasteiger partial charge in [-0.05, 0) is 12.3 Å². The normalized spacial score (nSPS) is 13.1. The second-order valence-electron chi connectivity index (χ2n) is 4.39. The van der Waals surface area contributed by atoms with Crippen LogP contribution in [0.1, 0.15) is 52.4 Å². The summed E-state index contributed by atoms with van der Waals surface area (Å²) in [5.74, 6) is -0.0256. The Morgan fingerprint density at radius 1 is 1.21 bits per heavy atom. The maximum absolute atomic E-state index is 10.3. The van der Waals surface area contributed by atoms with Gasteiger partial charge in [-0.2, -0.15) is 0 Å². The third-order valence-corrected chi connectivity index (χ3v) is 2.29. The van der Waals surface area contributed by atoms with Crippen molar-refractivity contribution >= 4 is 5.97 Å². The van der Waals surface area contributed by atoms with Crippen LogP contribution in [0.3, 0.4) is 0 Å². The molecule has 0 aromatic heterocycles. The summed E-state index contributed by atoms with van der Waals surface area (Å²) >= 11 is 0. The van der Waals surface area contributed by atoms with Gasteiger partial charge in [0, 0.05) is 6.04 Å². The number of carboxylic acids is 1. The van der Waals surface area contributed by atoms with E-state index in [1.54, 1.807) is 0 Å². The Balaban J connectivity index is 3.23. The molecule has 0 aromatic rings. The summed E-state index contributed by atoms with van der Waals surface area (Å²) < 4.78 is 0. The summed E-state index contributed by atoms with van der Waals surface area (Å²) in [6.45, 7) is 4.44. The Hall–Kier alpha value is -0.570. The molecule has 0 radical (unpaired) electrons. The molecule has 1 unspecified atom stereocenters. The first kappa shape index (κ1) is 13.4. The summed E-state index contributed by atoms with van der Waals surface area (Å²) in [5, 5.41) is 8.48. The molecular weight excluding hydrogens is 178 g/mol.